The van der Waals surface area contributed by atoms with Crippen LogP contribution < -0.4 is 5.32 Å². The zero-order valence-electron chi connectivity index (χ0n) is 18.0. The van der Waals surface area contributed by atoms with Crippen LogP contribution in [0.1, 0.15) is 35.7 Å². The molecular weight excluding hydrogens is 405 g/mol. The highest BCUT2D eigenvalue weighted by molar-refractivity contribution is 5.94. The Morgan fingerprint density at radius 1 is 1.13 bits per heavy atom. The maximum atomic E-state index is 13.1. The number of fused-ring (bicyclic) bond motifs is 1. The van der Waals surface area contributed by atoms with Gasteiger partial charge in [-0.25, -0.2) is 4.98 Å². The number of nitrogens with zero attached hydrogens (tertiary/aromatic N) is 3. The second kappa shape index (κ2) is 9.51. The zero-order valence-corrected chi connectivity index (χ0v) is 18.0. The molecule has 0 radical (unpaired) electrons. The summed E-state index contributed by atoms with van der Waals surface area (Å²) < 4.78 is 41.3. The minimum absolute atomic E-state index is 0.164. The molecule has 1 amide bonds. The van der Waals surface area contributed by atoms with Gasteiger partial charge in [0, 0.05) is 30.8 Å². The molecule has 166 valence electrons. The number of aromatic nitrogens is 2. The van der Waals surface area contributed by atoms with Crippen molar-refractivity contribution in [2.45, 2.75) is 32.5 Å². The summed E-state index contributed by atoms with van der Waals surface area (Å²) in [4.78, 5) is 18.8. The van der Waals surface area contributed by atoms with Crippen molar-refractivity contribution in [1.29, 1.82) is 0 Å². The van der Waals surface area contributed by atoms with Crippen LogP contribution in [0.5, 0.6) is 0 Å². The van der Waals surface area contributed by atoms with Crippen molar-refractivity contribution in [3.63, 3.8) is 0 Å². The number of imidazole rings is 1. The molecule has 0 aliphatic rings. The van der Waals surface area contributed by atoms with Crippen molar-refractivity contribution >= 4 is 16.9 Å². The molecule has 0 saturated carbocycles. The second-order valence-electron chi connectivity index (χ2n) is 7.78. The van der Waals surface area contributed by atoms with E-state index >= 15 is 0 Å². The van der Waals surface area contributed by atoms with Gasteiger partial charge in [0.25, 0.3) is 5.91 Å². The van der Waals surface area contributed by atoms with E-state index in [0.717, 1.165) is 37.1 Å². The minimum atomic E-state index is -4.41. The predicted molar refractivity (Wildman–Crippen MR) is 116 cm³/mol. The van der Waals surface area contributed by atoms with E-state index in [0.29, 0.717) is 35.5 Å². The number of aryl methyl sites for hydroxylation is 1. The van der Waals surface area contributed by atoms with E-state index < -0.39 is 11.7 Å². The Kier molecular flexibility index (Phi) is 7.00. The minimum Gasteiger partial charge on any atom is -0.351 e. The summed E-state index contributed by atoms with van der Waals surface area (Å²) >= 11 is 0. The molecule has 2 aromatic carbocycles. The molecule has 0 bridgehead atoms. The number of unbranched alkanes of at least 4 members (excludes halogenated alkanes) is 1. The van der Waals surface area contributed by atoms with E-state index in [2.05, 4.69) is 17.2 Å². The molecule has 0 aliphatic heterocycles. The van der Waals surface area contributed by atoms with Gasteiger partial charge in [-0.3, -0.25) is 4.79 Å². The number of benzene rings is 2. The van der Waals surface area contributed by atoms with Gasteiger partial charge in [0.05, 0.1) is 16.6 Å². The highest BCUT2D eigenvalue weighted by Gasteiger charge is 2.31. The molecule has 0 atom stereocenters. The molecule has 0 unspecified atom stereocenters. The smallest absolute Gasteiger partial charge is 0.351 e. The number of amides is 1. The number of carbonyl (C=O) groups excluding carboxylic acids is 1. The number of hydrogen-bond donors (Lipinski definition) is 1. The van der Waals surface area contributed by atoms with E-state index in [-0.39, 0.29) is 5.91 Å². The van der Waals surface area contributed by atoms with Crippen molar-refractivity contribution < 1.29 is 18.0 Å². The highest BCUT2D eigenvalue weighted by atomic mass is 19.4. The third kappa shape index (κ3) is 5.44. The summed E-state index contributed by atoms with van der Waals surface area (Å²) in [6, 6.07) is 10.7. The molecule has 0 fully saturated rings. The summed E-state index contributed by atoms with van der Waals surface area (Å²) in [6.07, 6.45) is -2.58. The number of hydrogen-bond acceptors (Lipinski definition) is 3. The topological polar surface area (TPSA) is 50.2 Å². The zero-order chi connectivity index (χ0) is 22.6. The average Bonchev–Trinajstić information content (AvgIpc) is 3.09. The first-order chi connectivity index (χ1) is 14.7. The Bertz CT molecular complexity index is 1040. The molecule has 1 aromatic heterocycles. The molecule has 0 aliphatic carbocycles. The van der Waals surface area contributed by atoms with Crippen molar-refractivity contribution in [1.82, 2.24) is 19.8 Å². The van der Waals surface area contributed by atoms with Crippen LogP contribution in [0.3, 0.4) is 0 Å². The van der Waals surface area contributed by atoms with Crippen LogP contribution in [-0.4, -0.2) is 47.5 Å². The molecule has 1 N–H and O–H groups in total. The van der Waals surface area contributed by atoms with Crippen LogP contribution in [0.2, 0.25) is 0 Å². The maximum Gasteiger partial charge on any atom is 0.416 e. The van der Waals surface area contributed by atoms with Gasteiger partial charge >= 0.3 is 6.18 Å². The second-order valence-corrected chi connectivity index (χ2v) is 7.78. The van der Waals surface area contributed by atoms with Crippen LogP contribution in [0.25, 0.3) is 22.4 Å². The number of rotatable bonds is 8. The fraction of sp³-hybridized carbons (Fsp3) is 0.391. The van der Waals surface area contributed by atoms with Crippen LogP contribution in [0, 0.1) is 0 Å². The number of likely N-dealkylation sites (N-methyl/N-ethyl adjacent to an activating group) is 1. The Hall–Kier alpha value is -2.87. The fourth-order valence-electron chi connectivity index (χ4n) is 3.33. The standard InChI is InChI=1S/C23H27F3N4O/c1-4-5-13-30-20-11-10-18(23(24,25)26)15-19(20)28-21(30)16-6-8-17(9-7-16)22(31)27-12-14-29(2)3/h6-11,15H,4-5,12-14H2,1-3H3,(H,27,31). The molecular formula is C23H27F3N4O. The van der Waals surface area contributed by atoms with Gasteiger partial charge in [0.15, 0.2) is 0 Å². The van der Waals surface area contributed by atoms with Gasteiger partial charge in [-0.05, 0) is 50.8 Å². The number of nitrogens with one attached hydrogen (secondary N) is 1. The Morgan fingerprint density at radius 2 is 1.84 bits per heavy atom. The number of alkyl halides is 3. The Labute approximate surface area is 179 Å². The largest absolute Gasteiger partial charge is 0.416 e. The summed E-state index contributed by atoms with van der Waals surface area (Å²) in [6.45, 7) is 4.00. The van der Waals surface area contributed by atoms with Crippen LogP contribution in [-0.2, 0) is 12.7 Å². The van der Waals surface area contributed by atoms with Gasteiger partial charge in [-0.2, -0.15) is 13.2 Å². The summed E-state index contributed by atoms with van der Waals surface area (Å²) in [5.41, 5.74) is 1.55. The first-order valence-corrected chi connectivity index (χ1v) is 10.3. The van der Waals surface area contributed by atoms with E-state index in [1.165, 1.54) is 6.07 Å². The monoisotopic (exact) mass is 432 g/mol. The Balaban J connectivity index is 1.92. The first-order valence-electron chi connectivity index (χ1n) is 10.3. The molecule has 5 nitrogen and oxygen atoms in total. The lowest BCUT2D eigenvalue weighted by atomic mass is 10.1. The molecule has 8 heteroatoms. The van der Waals surface area contributed by atoms with Gasteiger partial charge in [-0.1, -0.05) is 25.5 Å². The van der Waals surface area contributed by atoms with Crippen molar-refractivity contribution in [2.75, 3.05) is 27.2 Å². The van der Waals surface area contributed by atoms with Crippen LogP contribution in [0.4, 0.5) is 13.2 Å². The first kappa shape index (κ1) is 22.8. The third-order valence-corrected chi connectivity index (χ3v) is 5.06. The normalized spacial score (nSPS) is 12.0. The summed E-state index contributed by atoms with van der Waals surface area (Å²) in [5, 5.41) is 2.86. The molecule has 1 heterocycles. The van der Waals surface area contributed by atoms with Crippen molar-refractivity contribution in [3.05, 3.63) is 53.6 Å². The average molecular weight is 432 g/mol. The van der Waals surface area contributed by atoms with E-state index in [4.69, 9.17) is 0 Å². The molecule has 3 aromatic rings. The number of halogens is 3. The maximum absolute atomic E-state index is 13.1. The summed E-state index contributed by atoms with van der Waals surface area (Å²) in [7, 11) is 3.87. The predicted octanol–water partition coefficient (Wildman–Crippen LogP) is 4.81. The number of carbonyl (C=O) groups is 1. The SMILES string of the molecule is CCCCn1c(-c2ccc(C(=O)NCCN(C)C)cc2)nc2cc(C(F)(F)F)ccc21. The van der Waals surface area contributed by atoms with Crippen LogP contribution in [0.15, 0.2) is 42.5 Å². The fourth-order valence-corrected chi connectivity index (χ4v) is 3.33. The van der Waals surface area contributed by atoms with E-state index in [1.807, 2.05) is 23.6 Å². The Morgan fingerprint density at radius 3 is 2.45 bits per heavy atom. The molecule has 0 saturated heterocycles. The van der Waals surface area contributed by atoms with E-state index in [1.54, 1.807) is 24.3 Å². The lowest BCUT2D eigenvalue weighted by Gasteiger charge is -2.11. The lowest BCUT2D eigenvalue weighted by Crippen LogP contribution is -2.31. The molecule has 3 rings (SSSR count). The lowest BCUT2D eigenvalue weighted by molar-refractivity contribution is -0.137. The van der Waals surface area contributed by atoms with Crippen LogP contribution >= 0.6 is 0 Å². The van der Waals surface area contributed by atoms with Gasteiger partial charge in [-0.15, -0.1) is 0 Å². The van der Waals surface area contributed by atoms with Gasteiger partial charge in [0.1, 0.15) is 5.82 Å². The third-order valence-electron chi connectivity index (χ3n) is 5.06. The summed E-state index contributed by atoms with van der Waals surface area (Å²) in [5.74, 6) is 0.435. The molecule has 31 heavy (non-hydrogen) atoms. The van der Waals surface area contributed by atoms with E-state index in [9.17, 15) is 18.0 Å². The highest BCUT2D eigenvalue weighted by Crippen LogP contribution is 2.33. The van der Waals surface area contributed by atoms with Crippen molar-refractivity contribution in [2.24, 2.45) is 0 Å². The van der Waals surface area contributed by atoms with Gasteiger partial charge in [0.2, 0.25) is 0 Å². The molecule has 0 spiro atoms. The quantitative estimate of drug-likeness (QED) is 0.556. The van der Waals surface area contributed by atoms with Crippen molar-refractivity contribution in [3.8, 4) is 11.4 Å². The van der Waals surface area contributed by atoms with Gasteiger partial charge < -0.3 is 14.8 Å².